The lowest BCUT2D eigenvalue weighted by atomic mass is 9.89. The maximum Gasteiger partial charge on any atom is 0.270 e. The predicted molar refractivity (Wildman–Crippen MR) is 107 cm³/mol. The standard InChI is InChI=1S/C21H27N3O6/c25-19(22-13-17-8-5-11-29-17)18-14-30-21(9-2-1-3-10-21)23(18)20(26)15-6-4-7-16(12-15)24(27)28/h4,6-7,12,17-18H,1-3,5,8-11,13-14H2,(H,22,25)/t17-,18-/m0/s1. The molecular weight excluding hydrogens is 390 g/mol. The predicted octanol–water partition coefficient (Wildman–Crippen LogP) is 2.39. The van der Waals surface area contributed by atoms with Gasteiger partial charge < -0.3 is 14.8 Å². The molecule has 30 heavy (non-hydrogen) atoms. The number of carbonyl (C=O) groups is 2. The minimum atomic E-state index is -0.828. The van der Waals surface area contributed by atoms with E-state index in [-0.39, 0.29) is 29.9 Å². The minimum absolute atomic E-state index is 0.000775. The Morgan fingerprint density at radius 3 is 2.73 bits per heavy atom. The van der Waals surface area contributed by atoms with Crippen LogP contribution in [0.5, 0.6) is 0 Å². The topological polar surface area (TPSA) is 111 Å². The van der Waals surface area contributed by atoms with Crippen LogP contribution in [0.1, 0.15) is 55.3 Å². The van der Waals surface area contributed by atoms with E-state index in [1.807, 2.05) is 0 Å². The molecule has 1 spiro atoms. The number of rotatable bonds is 5. The van der Waals surface area contributed by atoms with Crippen molar-refractivity contribution in [2.75, 3.05) is 19.8 Å². The molecule has 2 amide bonds. The Bertz CT molecular complexity index is 817. The number of non-ortho nitro benzene ring substituents is 1. The van der Waals surface area contributed by atoms with E-state index in [4.69, 9.17) is 9.47 Å². The number of amides is 2. The van der Waals surface area contributed by atoms with Gasteiger partial charge in [-0.05, 0) is 44.6 Å². The Hall–Kier alpha value is -2.52. The summed E-state index contributed by atoms with van der Waals surface area (Å²) < 4.78 is 11.7. The van der Waals surface area contributed by atoms with Crippen molar-refractivity contribution in [1.82, 2.24) is 10.2 Å². The normalized spacial score (nSPS) is 25.4. The van der Waals surface area contributed by atoms with Gasteiger partial charge in [0.05, 0.1) is 17.6 Å². The Balaban J connectivity index is 1.58. The van der Waals surface area contributed by atoms with Crippen molar-refractivity contribution in [1.29, 1.82) is 0 Å². The fourth-order valence-electron chi connectivity index (χ4n) is 4.70. The summed E-state index contributed by atoms with van der Waals surface area (Å²) in [7, 11) is 0. The fourth-order valence-corrected chi connectivity index (χ4v) is 4.70. The van der Waals surface area contributed by atoms with Crippen molar-refractivity contribution in [3.63, 3.8) is 0 Å². The van der Waals surface area contributed by atoms with Crippen LogP contribution in [0.3, 0.4) is 0 Å². The third kappa shape index (κ3) is 4.04. The van der Waals surface area contributed by atoms with E-state index in [1.54, 1.807) is 6.07 Å². The largest absolute Gasteiger partial charge is 0.376 e. The summed E-state index contributed by atoms with van der Waals surface area (Å²) in [5, 5.41) is 14.1. The molecule has 2 saturated heterocycles. The Labute approximate surface area is 174 Å². The number of ether oxygens (including phenoxy) is 2. The second-order valence-corrected chi connectivity index (χ2v) is 8.20. The summed E-state index contributed by atoms with van der Waals surface area (Å²) in [5.74, 6) is -0.679. The van der Waals surface area contributed by atoms with Gasteiger partial charge in [0.25, 0.3) is 11.6 Å². The summed E-state index contributed by atoms with van der Waals surface area (Å²) >= 11 is 0. The summed E-state index contributed by atoms with van der Waals surface area (Å²) in [6.45, 7) is 1.23. The number of nitrogens with one attached hydrogen (secondary N) is 1. The van der Waals surface area contributed by atoms with Gasteiger partial charge >= 0.3 is 0 Å². The average molecular weight is 417 g/mol. The SMILES string of the molecule is O=C(NC[C@@H]1CCCO1)[C@@H]1COC2(CCCCC2)N1C(=O)c1cccc([N+](=O)[O-])c1. The van der Waals surface area contributed by atoms with E-state index in [0.29, 0.717) is 26.0 Å². The van der Waals surface area contributed by atoms with E-state index < -0.39 is 22.6 Å². The number of hydrogen-bond donors (Lipinski definition) is 1. The van der Waals surface area contributed by atoms with Gasteiger partial charge in [-0.1, -0.05) is 12.5 Å². The van der Waals surface area contributed by atoms with Crippen LogP contribution >= 0.6 is 0 Å². The first-order valence-corrected chi connectivity index (χ1v) is 10.6. The molecule has 1 aliphatic carbocycles. The molecule has 162 valence electrons. The number of carbonyl (C=O) groups excluding carboxylic acids is 2. The Morgan fingerprint density at radius 2 is 2.03 bits per heavy atom. The summed E-state index contributed by atoms with van der Waals surface area (Å²) in [6.07, 6.45) is 6.06. The van der Waals surface area contributed by atoms with Crippen molar-refractivity contribution in [2.24, 2.45) is 0 Å². The molecule has 0 unspecified atom stereocenters. The monoisotopic (exact) mass is 417 g/mol. The Kier molecular flexibility index (Phi) is 6.01. The van der Waals surface area contributed by atoms with E-state index >= 15 is 0 Å². The zero-order chi connectivity index (χ0) is 21.1. The summed E-state index contributed by atoms with van der Waals surface area (Å²) in [6, 6.07) is 4.88. The van der Waals surface area contributed by atoms with Crippen LogP contribution in [0.2, 0.25) is 0 Å². The molecular formula is C21H27N3O6. The molecule has 0 radical (unpaired) electrons. The highest BCUT2D eigenvalue weighted by molar-refractivity contribution is 5.99. The third-order valence-electron chi connectivity index (χ3n) is 6.25. The van der Waals surface area contributed by atoms with Crippen molar-refractivity contribution < 1.29 is 24.0 Å². The van der Waals surface area contributed by atoms with Crippen LogP contribution in [0.25, 0.3) is 0 Å². The van der Waals surface area contributed by atoms with Gasteiger partial charge in [-0.3, -0.25) is 24.6 Å². The highest BCUT2D eigenvalue weighted by Gasteiger charge is 2.53. The molecule has 2 heterocycles. The second-order valence-electron chi connectivity index (χ2n) is 8.20. The van der Waals surface area contributed by atoms with Crippen LogP contribution in [0, 0.1) is 10.1 Å². The van der Waals surface area contributed by atoms with Crippen molar-refractivity contribution in [3.05, 3.63) is 39.9 Å². The van der Waals surface area contributed by atoms with Crippen molar-refractivity contribution >= 4 is 17.5 Å². The number of hydrogen-bond acceptors (Lipinski definition) is 6. The number of nitro benzene ring substituents is 1. The quantitative estimate of drug-likeness (QED) is 0.582. The van der Waals surface area contributed by atoms with Gasteiger partial charge in [0.15, 0.2) is 0 Å². The van der Waals surface area contributed by atoms with Crippen LogP contribution in [0.15, 0.2) is 24.3 Å². The number of benzene rings is 1. The van der Waals surface area contributed by atoms with Gasteiger partial charge in [0, 0.05) is 30.8 Å². The van der Waals surface area contributed by atoms with Crippen LogP contribution in [0.4, 0.5) is 5.69 Å². The first-order chi connectivity index (χ1) is 14.5. The maximum absolute atomic E-state index is 13.5. The Morgan fingerprint density at radius 1 is 1.23 bits per heavy atom. The van der Waals surface area contributed by atoms with Gasteiger partial charge in [0.1, 0.15) is 11.8 Å². The summed E-state index contributed by atoms with van der Waals surface area (Å²) in [4.78, 5) is 38.7. The van der Waals surface area contributed by atoms with Gasteiger partial charge in [-0.2, -0.15) is 0 Å². The van der Waals surface area contributed by atoms with E-state index in [0.717, 1.165) is 32.1 Å². The molecule has 9 heteroatoms. The first-order valence-electron chi connectivity index (χ1n) is 10.6. The molecule has 0 bridgehead atoms. The highest BCUT2D eigenvalue weighted by Crippen LogP contribution is 2.41. The molecule has 1 N–H and O–H groups in total. The molecule has 1 saturated carbocycles. The van der Waals surface area contributed by atoms with Crippen molar-refractivity contribution in [2.45, 2.75) is 62.8 Å². The molecule has 3 fully saturated rings. The van der Waals surface area contributed by atoms with Crippen LogP contribution in [-0.2, 0) is 14.3 Å². The molecule has 1 aromatic carbocycles. The lowest BCUT2D eigenvalue weighted by Crippen LogP contribution is -2.56. The smallest absolute Gasteiger partial charge is 0.270 e. The maximum atomic E-state index is 13.5. The van der Waals surface area contributed by atoms with Gasteiger partial charge in [-0.25, -0.2) is 0 Å². The minimum Gasteiger partial charge on any atom is -0.376 e. The van der Waals surface area contributed by atoms with E-state index in [1.165, 1.54) is 23.1 Å². The molecule has 0 aromatic heterocycles. The fraction of sp³-hybridized carbons (Fsp3) is 0.619. The van der Waals surface area contributed by atoms with Gasteiger partial charge in [-0.15, -0.1) is 0 Å². The average Bonchev–Trinajstić information content (AvgIpc) is 3.40. The van der Waals surface area contributed by atoms with Crippen molar-refractivity contribution in [3.8, 4) is 0 Å². The van der Waals surface area contributed by atoms with E-state index in [9.17, 15) is 19.7 Å². The molecule has 1 aromatic rings. The molecule has 2 aliphatic heterocycles. The highest BCUT2D eigenvalue weighted by atomic mass is 16.6. The zero-order valence-corrected chi connectivity index (χ0v) is 16.9. The third-order valence-corrected chi connectivity index (χ3v) is 6.25. The second kappa shape index (κ2) is 8.69. The van der Waals surface area contributed by atoms with Gasteiger partial charge in [0.2, 0.25) is 5.91 Å². The zero-order valence-electron chi connectivity index (χ0n) is 16.9. The number of nitrogens with zero attached hydrogens (tertiary/aromatic N) is 2. The van der Waals surface area contributed by atoms with Crippen LogP contribution < -0.4 is 5.32 Å². The summed E-state index contributed by atoms with van der Waals surface area (Å²) in [5.41, 5.74) is -0.791. The molecule has 4 rings (SSSR count). The van der Waals surface area contributed by atoms with Crippen LogP contribution in [-0.4, -0.2) is 59.3 Å². The first kappa shape index (κ1) is 20.7. The molecule has 3 aliphatic rings. The number of nitro groups is 1. The molecule has 9 nitrogen and oxygen atoms in total. The lowest BCUT2D eigenvalue weighted by Gasteiger charge is -2.41. The molecule has 2 atom stereocenters. The lowest BCUT2D eigenvalue weighted by molar-refractivity contribution is -0.384. The van der Waals surface area contributed by atoms with E-state index in [2.05, 4.69) is 5.32 Å².